The van der Waals surface area contributed by atoms with E-state index in [-0.39, 0.29) is 19.3 Å². The quantitative estimate of drug-likeness (QED) is 0.888. The molecule has 2 aromatic carbocycles. The molecule has 23 heavy (non-hydrogen) atoms. The van der Waals surface area contributed by atoms with Crippen LogP contribution in [0.5, 0.6) is 23.0 Å². The van der Waals surface area contributed by atoms with Gasteiger partial charge in [0.25, 0.3) is 5.91 Å². The lowest BCUT2D eigenvalue weighted by molar-refractivity contribution is -0.118. The number of benzene rings is 2. The Balaban J connectivity index is 1.54. The van der Waals surface area contributed by atoms with E-state index in [4.69, 9.17) is 18.9 Å². The second-order valence-electron chi connectivity index (χ2n) is 4.81. The van der Waals surface area contributed by atoms with Gasteiger partial charge in [-0.2, -0.15) is 0 Å². The third-order valence-corrected chi connectivity index (χ3v) is 3.14. The van der Waals surface area contributed by atoms with Crippen molar-refractivity contribution in [2.75, 3.05) is 25.3 Å². The lowest BCUT2D eigenvalue weighted by Crippen LogP contribution is -2.20. The van der Waals surface area contributed by atoms with Gasteiger partial charge in [0.2, 0.25) is 6.79 Å². The molecule has 1 heterocycles. The van der Waals surface area contributed by atoms with Gasteiger partial charge in [-0.05, 0) is 31.2 Å². The average molecular weight is 315 g/mol. The molecule has 120 valence electrons. The normalized spacial score (nSPS) is 11.9. The molecule has 2 aromatic rings. The molecule has 0 atom stereocenters. The zero-order valence-electron chi connectivity index (χ0n) is 12.7. The molecule has 0 aliphatic carbocycles. The monoisotopic (exact) mass is 315 g/mol. The molecule has 1 aliphatic heterocycles. The Morgan fingerprint density at radius 2 is 1.87 bits per heavy atom. The Morgan fingerprint density at radius 1 is 1.09 bits per heavy atom. The Hall–Kier alpha value is -2.89. The highest BCUT2D eigenvalue weighted by Crippen LogP contribution is 2.34. The van der Waals surface area contributed by atoms with Gasteiger partial charge in [-0.3, -0.25) is 4.79 Å². The van der Waals surface area contributed by atoms with E-state index in [2.05, 4.69) is 5.32 Å². The lowest BCUT2D eigenvalue weighted by atomic mass is 10.3. The van der Waals surface area contributed by atoms with Crippen molar-refractivity contribution in [1.29, 1.82) is 0 Å². The number of ether oxygens (including phenoxy) is 4. The van der Waals surface area contributed by atoms with E-state index in [1.54, 1.807) is 30.3 Å². The maximum atomic E-state index is 12.0. The summed E-state index contributed by atoms with van der Waals surface area (Å²) >= 11 is 0. The first-order chi connectivity index (χ1) is 11.2. The number of rotatable bonds is 6. The number of amides is 1. The number of carbonyl (C=O) groups excluding carboxylic acids is 1. The molecule has 0 fully saturated rings. The summed E-state index contributed by atoms with van der Waals surface area (Å²) in [5, 5.41) is 2.75. The van der Waals surface area contributed by atoms with Crippen LogP contribution >= 0.6 is 0 Å². The van der Waals surface area contributed by atoms with Crippen molar-refractivity contribution in [2.24, 2.45) is 0 Å². The molecule has 1 aliphatic rings. The van der Waals surface area contributed by atoms with E-state index in [9.17, 15) is 4.79 Å². The number of nitrogens with one attached hydrogen (secondary N) is 1. The van der Waals surface area contributed by atoms with Crippen LogP contribution < -0.4 is 24.3 Å². The molecule has 6 heteroatoms. The topological polar surface area (TPSA) is 66.0 Å². The second kappa shape index (κ2) is 6.91. The van der Waals surface area contributed by atoms with Crippen LogP contribution in [-0.4, -0.2) is 25.9 Å². The molecule has 0 spiro atoms. The van der Waals surface area contributed by atoms with E-state index in [1.807, 2.05) is 19.1 Å². The summed E-state index contributed by atoms with van der Waals surface area (Å²) in [6.07, 6.45) is 0. The molecule has 6 nitrogen and oxygen atoms in total. The van der Waals surface area contributed by atoms with Gasteiger partial charge in [-0.25, -0.2) is 0 Å². The highest BCUT2D eigenvalue weighted by Gasteiger charge is 2.14. The number of carbonyl (C=O) groups is 1. The van der Waals surface area contributed by atoms with E-state index in [0.29, 0.717) is 35.3 Å². The Morgan fingerprint density at radius 3 is 2.70 bits per heavy atom. The molecule has 0 saturated heterocycles. The lowest BCUT2D eigenvalue weighted by Gasteiger charge is -2.09. The van der Waals surface area contributed by atoms with Crippen molar-refractivity contribution in [3.63, 3.8) is 0 Å². The zero-order chi connectivity index (χ0) is 16.1. The van der Waals surface area contributed by atoms with Gasteiger partial charge >= 0.3 is 0 Å². The van der Waals surface area contributed by atoms with Crippen LogP contribution in [-0.2, 0) is 4.79 Å². The number of hydrogen-bond donors (Lipinski definition) is 1. The summed E-state index contributed by atoms with van der Waals surface area (Å²) in [6.45, 7) is 2.59. The standard InChI is InChI=1S/C17H17NO5/c1-2-20-13-4-3-5-14(9-13)21-10-17(19)18-12-6-7-15-16(8-12)23-11-22-15/h3-9H,2,10-11H2,1H3,(H,18,19). The highest BCUT2D eigenvalue weighted by atomic mass is 16.7. The predicted molar refractivity (Wildman–Crippen MR) is 84.3 cm³/mol. The van der Waals surface area contributed by atoms with Gasteiger partial charge in [-0.1, -0.05) is 6.07 Å². The summed E-state index contributed by atoms with van der Waals surface area (Å²) in [7, 11) is 0. The Bertz CT molecular complexity index is 701. The number of anilines is 1. The van der Waals surface area contributed by atoms with Crippen LogP contribution in [0.25, 0.3) is 0 Å². The van der Waals surface area contributed by atoms with Gasteiger partial charge < -0.3 is 24.3 Å². The van der Waals surface area contributed by atoms with Gasteiger partial charge in [0, 0.05) is 17.8 Å². The fourth-order valence-corrected chi connectivity index (χ4v) is 2.14. The summed E-state index contributed by atoms with van der Waals surface area (Å²) < 4.78 is 21.3. The van der Waals surface area contributed by atoms with E-state index in [0.717, 1.165) is 0 Å². The fourth-order valence-electron chi connectivity index (χ4n) is 2.14. The first-order valence-corrected chi connectivity index (χ1v) is 7.30. The molecule has 1 N–H and O–H groups in total. The van der Waals surface area contributed by atoms with Crippen molar-refractivity contribution >= 4 is 11.6 Å². The largest absolute Gasteiger partial charge is 0.494 e. The highest BCUT2D eigenvalue weighted by molar-refractivity contribution is 5.92. The maximum Gasteiger partial charge on any atom is 0.262 e. The molecule has 0 aromatic heterocycles. The van der Waals surface area contributed by atoms with Crippen LogP contribution in [0, 0.1) is 0 Å². The summed E-state index contributed by atoms with van der Waals surface area (Å²) in [5.41, 5.74) is 0.630. The molecule has 0 saturated carbocycles. The first kappa shape index (κ1) is 15.0. The van der Waals surface area contributed by atoms with Crippen molar-refractivity contribution in [3.05, 3.63) is 42.5 Å². The number of hydrogen-bond acceptors (Lipinski definition) is 5. The van der Waals surface area contributed by atoms with Crippen molar-refractivity contribution in [3.8, 4) is 23.0 Å². The Kier molecular flexibility index (Phi) is 4.52. The first-order valence-electron chi connectivity index (χ1n) is 7.30. The van der Waals surface area contributed by atoms with E-state index < -0.39 is 0 Å². The molecule has 3 rings (SSSR count). The Labute approximate surface area is 133 Å². The summed E-state index contributed by atoms with van der Waals surface area (Å²) in [5.74, 6) is 2.32. The van der Waals surface area contributed by atoms with Crippen LogP contribution in [0.4, 0.5) is 5.69 Å². The third-order valence-electron chi connectivity index (χ3n) is 3.14. The predicted octanol–water partition coefficient (Wildman–Crippen LogP) is 2.83. The average Bonchev–Trinajstić information content (AvgIpc) is 3.01. The molecule has 0 unspecified atom stereocenters. The van der Waals surface area contributed by atoms with Crippen LogP contribution in [0.1, 0.15) is 6.92 Å². The zero-order valence-corrected chi connectivity index (χ0v) is 12.7. The van der Waals surface area contributed by atoms with Gasteiger partial charge in [-0.15, -0.1) is 0 Å². The van der Waals surface area contributed by atoms with E-state index in [1.165, 1.54) is 0 Å². The molecule has 0 radical (unpaired) electrons. The van der Waals surface area contributed by atoms with Crippen LogP contribution in [0.2, 0.25) is 0 Å². The van der Waals surface area contributed by atoms with Crippen LogP contribution in [0.15, 0.2) is 42.5 Å². The minimum absolute atomic E-state index is 0.0932. The van der Waals surface area contributed by atoms with Crippen molar-refractivity contribution in [2.45, 2.75) is 6.92 Å². The summed E-state index contributed by atoms with van der Waals surface area (Å²) in [4.78, 5) is 12.0. The SMILES string of the molecule is CCOc1cccc(OCC(=O)Nc2ccc3c(c2)OCO3)c1. The van der Waals surface area contributed by atoms with Gasteiger partial charge in [0.15, 0.2) is 18.1 Å². The van der Waals surface area contributed by atoms with E-state index >= 15 is 0 Å². The third kappa shape index (κ3) is 3.85. The molecule has 0 bridgehead atoms. The van der Waals surface area contributed by atoms with Crippen molar-refractivity contribution in [1.82, 2.24) is 0 Å². The fraction of sp³-hybridized carbons (Fsp3) is 0.235. The summed E-state index contributed by atoms with van der Waals surface area (Å²) in [6, 6.07) is 12.4. The maximum absolute atomic E-state index is 12.0. The number of fused-ring (bicyclic) bond motifs is 1. The molecular weight excluding hydrogens is 298 g/mol. The minimum Gasteiger partial charge on any atom is -0.494 e. The molecule has 1 amide bonds. The van der Waals surface area contributed by atoms with Crippen molar-refractivity contribution < 1.29 is 23.7 Å². The van der Waals surface area contributed by atoms with Gasteiger partial charge in [0.05, 0.1) is 6.61 Å². The van der Waals surface area contributed by atoms with Crippen LogP contribution in [0.3, 0.4) is 0 Å². The van der Waals surface area contributed by atoms with Gasteiger partial charge in [0.1, 0.15) is 11.5 Å². The minimum atomic E-state index is -0.259. The smallest absolute Gasteiger partial charge is 0.262 e. The molecular formula is C17H17NO5. The second-order valence-corrected chi connectivity index (χ2v) is 4.81.